The molecule has 0 rings (SSSR count). The van der Waals surface area contributed by atoms with Crippen molar-refractivity contribution in [3.8, 4) is 0 Å². The number of hydrogen-bond donors (Lipinski definition) is 0. The monoisotopic (exact) mass is 256 g/mol. The van der Waals surface area contributed by atoms with Crippen LogP contribution in [0.4, 0.5) is 0 Å². The van der Waals surface area contributed by atoms with Crippen LogP contribution in [0.15, 0.2) is 12.7 Å². The van der Waals surface area contributed by atoms with Crippen molar-refractivity contribution in [3.05, 3.63) is 12.7 Å². The molecule has 0 aromatic rings. The molecule has 0 saturated carbocycles. The Labute approximate surface area is 109 Å². The third-order valence-electron chi connectivity index (χ3n) is 2.50. The van der Waals surface area contributed by atoms with Crippen LogP contribution in [0.25, 0.3) is 0 Å². The van der Waals surface area contributed by atoms with E-state index >= 15 is 0 Å². The molecule has 18 heavy (non-hydrogen) atoms. The number of hydrogen-bond acceptors (Lipinski definition) is 4. The van der Waals surface area contributed by atoms with Gasteiger partial charge in [0.25, 0.3) is 0 Å². The molecule has 0 aliphatic heterocycles. The summed E-state index contributed by atoms with van der Waals surface area (Å²) in [7, 11) is 0. The van der Waals surface area contributed by atoms with Crippen LogP contribution in [0, 0.1) is 0 Å². The molecule has 0 radical (unpaired) electrons. The molecule has 0 saturated heterocycles. The van der Waals surface area contributed by atoms with Crippen molar-refractivity contribution in [3.63, 3.8) is 0 Å². The van der Waals surface area contributed by atoms with Crippen LogP contribution in [0.2, 0.25) is 0 Å². The first-order valence-electron chi connectivity index (χ1n) is 6.59. The average molecular weight is 256 g/mol. The lowest BCUT2D eigenvalue weighted by atomic mass is 10.1. The molecular weight excluding hydrogens is 232 g/mol. The van der Waals surface area contributed by atoms with Gasteiger partial charge in [-0.1, -0.05) is 38.7 Å². The predicted octanol–water partition coefficient (Wildman–Crippen LogP) is 3.01. The van der Waals surface area contributed by atoms with E-state index in [4.69, 9.17) is 9.47 Å². The van der Waals surface area contributed by atoms with Crippen molar-refractivity contribution in [1.29, 1.82) is 0 Å². The maximum absolute atomic E-state index is 10.7. The zero-order chi connectivity index (χ0) is 13.6. The van der Waals surface area contributed by atoms with Gasteiger partial charge in [-0.2, -0.15) is 0 Å². The van der Waals surface area contributed by atoms with Gasteiger partial charge in [-0.15, -0.1) is 0 Å². The first-order valence-corrected chi connectivity index (χ1v) is 6.59. The average Bonchev–Trinajstić information content (AvgIpc) is 2.35. The van der Waals surface area contributed by atoms with E-state index in [-0.39, 0.29) is 11.9 Å². The summed E-state index contributed by atoms with van der Waals surface area (Å²) < 4.78 is 9.71. The second-order valence-electron chi connectivity index (χ2n) is 4.19. The van der Waals surface area contributed by atoms with E-state index in [1.54, 1.807) is 0 Å². The fraction of sp³-hybridized carbons (Fsp3) is 0.714. The summed E-state index contributed by atoms with van der Waals surface area (Å²) in [6.07, 6.45) is 8.70. The Morgan fingerprint density at radius 1 is 0.889 bits per heavy atom. The van der Waals surface area contributed by atoms with E-state index in [0.717, 1.165) is 38.5 Å². The van der Waals surface area contributed by atoms with Crippen molar-refractivity contribution in [2.24, 2.45) is 0 Å². The van der Waals surface area contributed by atoms with Crippen LogP contribution in [0.1, 0.15) is 51.9 Å². The smallest absolute Gasteiger partial charge is 0.330 e. The van der Waals surface area contributed by atoms with Gasteiger partial charge in [-0.3, -0.25) is 4.79 Å². The minimum Gasteiger partial charge on any atom is -0.466 e. The molecule has 0 amide bonds. The van der Waals surface area contributed by atoms with Gasteiger partial charge in [-0.05, 0) is 12.8 Å². The number of rotatable bonds is 11. The zero-order valence-corrected chi connectivity index (χ0v) is 11.3. The Morgan fingerprint density at radius 2 is 1.33 bits per heavy atom. The zero-order valence-electron chi connectivity index (χ0n) is 11.3. The lowest BCUT2D eigenvalue weighted by molar-refractivity contribution is -0.141. The molecule has 0 atom stereocenters. The van der Waals surface area contributed by atoms with Gasteiger partial charge in [0.2, 0.25) is 0 Å². The number of ether oxygens (including phenoxy) is 2. The molecule has 0 aromatic heterocycles. The van der Waals surface area contributed by atoms with Crippen LogP contribution < -0.4 is 0 Å². The Bertz CT molecular complexity index is 248. The standard InChI is InChI=1S/C14H24O4/c1-3-14(16)18-12-10-8-6-4-5-7-9-11-17-13(2)15/h3H,1,4-12H2,2H3. The fourth-order valence-electron chi connectivity index (χ4n) is 1.54. The summed E-state index contributed by atoms with van der Waals surface area (Å²) >= 11 is 0. The number of carbonyl (C=O) groups excluding carboxylic acids is 2. The topological polar surface area (TPSA) is 52.6 Å². The Balaban J connectivity index is 3.05. The lowest BCUT2D eigenvalue weighted by Gasteiger charge is -2.03. The van der Waals surface area contributed by atoms with Gasteiger partial charge < -0.3 is 9.47 Å². The molecule has 4 heteroatoms. The third-order valence-corrected chi connectivity index (χ3v) is 2.50. The first-order chi connectivity index (χ1) is 8.66. The molecule has 104 valence electrons. The molecule has 0 bridgehead atoms. The summed E-state index contributed by atoms with van der Waals surface area (Å²) in [5, 5.41) is 0. The SMILES string of the molecule is C=CC(=O)OCCCCCCCCCOC(C)=O. The van der Waals surface area contributed by atoms with Crippen molar-refractivity contribution < 1.29 is 19.1 Å². The second kappa shape index (κ2) is 12.1. The highest BCUT2D eigenvalue weighted by molar-refractivity contribution is 5.81. The van der Waals surface area contributed by atoms with E-state index in [2.05, 4.69) is 6.58 Å². The quantitative estimate of drug-likeness (QED) is 0.324. The molecule has 0 aliphatic rings. The molecule has 0 aromatic carbocycles. The summed E-state index contributed by atoms with van der Waals surface area (Å²) in [5.41, 5.74) is 0. The molecule has 0 spiro atoms. The summed E-state index contributed by atoms with van der Waals surface area (Å²) in [6, 6.07) is 0. The minimum absolute atomic E-state index is 0.205. The summed E-state index contributed by atoms with van der Waals surface area (Å²) in [6.45, 7) is 5.78. The van der Waals surface area contributed by atoms with Crippen LogP contribution in [-0.4, -0.2) is 25.2 Å². The summed E-state index contributed by atoms with van der Waals surface area (Å²) in [5.74, 6) is -0.551. The van der Waals surface area contributed by atoms with Gasteiger partial charge in [0.1, 0.15) is 0 Å². The Kier molecular flexibility index (Phi) is 11.3. The second-order valence-corrected chi connectivity index (χ2v) is 4.19. The van der Waals surface area contributed by atoms with Gasteiger partial charge >= 0.3 is 11.9 Å². The van der Waals surface area contributed by atoms with Gasteiger partial charge in [0.05, 0.1) is 13.2 Å². The van der Waals surface area contributed by atoms with Crippen LogP contribution in [-0.2, 0) is 19.1 Å². The highest BCUT2D eigenvalue weighted by Crippen LogP contribution is 2.07. The van der Waals surface area contributed by atoms with Crippen LogP contribution >= 0.6 is 0 Å². The highest BCUT2D eigenvalue weighted by atomic mass is 16.5. The third kappa shape index (κ3) is 12.7. The predicted molar refractivity (Wildman–Crippen MR) is 70.1 cm³/mol. The van der Waals surface area contributed by atoms with Crippen molar-refractivity contribution in [2.45, 2.75) is 51.9 Å². The van der Waals surface area contributed by atoms with Crippen LogP contribution in [0.3, 0.4) is 0 Å². The molecular formula is C14H24O4. The fourth-order valence-corrected chi connectivity index (χ4v) is 1.54. The summed E-state index contributed by atoms with van der Waals surface area (Å²) in [4.78, 5) is 21.2. The minimum atomic E-state index is -0.347. The molecule has 0 N–H and O–H groups in total. The molecule has 4 nitrogen and oxygen atoms in total. The van der Waals surface area contributed by atoms with E-state index in [9.17, 15) is 9.59 Å². The molecule has 0 heterocycles. The maximum Gasteiger partial charge on any atom is 0.330 e. The van der Waals surface area contributed by atoms with E-state index in [0.29, 0.717) is 13.2 Å². The van der Waals surface area contributed by atoms with Crippen molar-refractivity contribution >= 4 is 11.9 Å². The molecule has 0 aliphatic carbocycles. The van der Waals surface area contributed by atoms with E-state index in [1.807, 2.05) is 0 Å². The van der Waals surface area contributed by atoms with Crippen molar-refractivity contribution in [1.82, 2.24) is 0 Å². The Hall–Kier alpha value is -1.32. The first kappa shape index (κ1) is 16.7. The van der Waals surface area contributed by atoms with Gasteiger partial charge in [0, 0.05) is 13.0 Å². The lowest BCUT2D eigenvalue weighted by Crippen LogP contribution is -2.01. The van der Waals surface area contributed by atoms with Crippen LogP contribution in [0.5, 0.6) is 0 Å². The normalized spacial score (nSPS) is 9.83. The highest BCUT2D eigenvalue weighted by Gasteiger charge is 1.96. The van der Waals surface area contributed by atoms with Gasteiger partial charge in [-0.25, -0.2) is 4.79 Å². The number of carbonyl (C=O) groups is 2. The van der Waals surface area contributed by atoms with E-state index < -0.39 is 0 Å². The number of esters is 2. The van der Waals surface area contributed by atoms with Crippen molar-refractivity contribution in [2.75, 3.05) is 13.2 Å². The maximum atomic E-state index is 10.7. The van der Waals surface area contributed by atoms with E-state index in [1.165, 1.54) is 19.4 Å². The van der Waals surface area contributed by atoms with Gasteiger partial charge in [0.15, 0.2) is 0 Å². The Morgan fingerprint density at radius 3 is 1.78 bits per heavy atom. The largest absolute Gasteiger partial charge is 0.466 e. The molecule has 0 unspecified atom stereocenters. The molecule has 0 fully saturated rings. The number of unbranched alkanes of at least 4 members (excludes halogenated alkanes) is 6.